The molecule has 1 N–H and O–H groups in total. The highest BCUT2D eigenvalue weighted by Crippen LogP contribution is 2.66. The Kier molecular flexibility index (Phi) is 11.1. The molecule has 3 saturated heterocycles. The van der Waals surface area contributed by atoms with Gasteiger partial charge < -0.3 is 24.2 Å². The maximum atomic E-state index is 16.4. The van der Waals surface area contributed by atoms with Crippen LogP contribution in [0.15, 0.2) is 73.3 Å². The van der Waals surface area contributed by atoms with Crippen LogP contribution in [0.5, 0.6) is 5.75 Å². The largest absolute Gasteiger partial charge is 0.453 e. The lowest BCUT2D eigenvalue weighted by Gasteiger charge is -2.43. The van der Waals surface area contributed by atoms with Gasteiger partial charge in [0.15, 0.2) is 5.12 Å². The van der Waals surface area contributed by atoms with Crippen LogP contribution in [0.4, 0.5) is 8.78 Å². The number of benzene rings is 2. The van der Waals surface area contributed by atoms with Crippen LogP contribution in [0.2, 0.25) is 0 Å². The Morgan fingerprint density at radius 1 is 1.00 bits per heavy atom. The van der Waals surface area contributed by atoms with Crippen LogP contribution in [-0.4, -0.2) is 85.8 Å². The van der Waals surface area contributed by atoms with Gasteiger partial charge in [-0.1, -0.05) is 56.8 Å². The van der Waals surface area contributed by atoms with Crippen LogP contribution in [-0.2, 0) is 29.1 Å². The van der Waals surface area contributed by atoms with Gasteiger partial charge in [0.1, 0.15) is 17.8 Å². The van der Waals surface area contributed by atoms with Crippen molar-refractivity contribution in [2.75, 3.05) is 25.4 Å². The number of nitrogens with zero attached hydrogens (tertiary/aromatic N) is 4. The smallest absolute Gasteiger partial charge is 0.420 e. The zero-order valence-corrected chi connectivity index (χ0v) is 34.9. The van der Waals surface area contributed by atoms with Gasteiger partial charge in [0, 0.05) is 53.0 Å². The number of carbonyl (C=O) groups is 4. The highest BCUT2D eigenvalue weighted by Gasteiger charge is 2.57. The number of fused-ring (bicyclic) bond motifs is 3. The van der Waals surface area contributed by atoms with Crippen LogP contribution >= 0.6 is 30.7 Å². The summed E-state index contributed by atoms with van der Waals surface area (Å²) in [4.78, 5) is 62.2. The Balaban J connectivity index is 0.978. The third kappa shape index (κ3) is 8.09. The van der Waals surface area contributed by atoms with E-state index in [9.17, 15) is 23.7 Å². The van der Waals surface area contributed by atoms with Gasteiger partial charge in [0.2, 0.25) is 11.8 Å². The molecule has 3 aliphatic heterocycles. The molecular weight excluding hydrogens is 808 g/mol. The standard InChI is InChI=1S/C41H46F2N5O7PS2/c1-40(2,3)39(52)57-16-15-54-56(53,55-31-7-5-4-6-8-31)41(42,43)28-9-12-34-27(18-28)21-35(58-34)36(49)45-32-20-26-17-25(26)19-29-10-11-33(48(29)37(32)50)38(51)47-22-30(23-47)46-14-13-44-24-46/h4-9,12-14,18,21,24-26,29-30,32-33H,10-11,15-17,19-20,22-23H2,1-3H3,(H,45,49)/t25-,26+,29+,32-,33-,56?/m0/s1. The van der Waals surface area contributed by atoms with Crippen molar-refractivity contribution in [1.82, 2.24) is 24.7 Å². The second kappa shape index (κ2) is 15.8. The highest BCUT2D eigenvalue weighted by molar-refractivity contribution is 8.13. The van der Waals surface area contributed by atoms with Crippen molar-refractivity contribution in [2.45, 2.75) is 82.7 Å². The number of imidazole rings is 1. The van der Waals surface area contributed by atoms with E-state index in [0.29, 0.717) is 47.9 Å². The van der Waals surface area contributed by atoms with Gasteiger partial charge in [-0.3, -0.25) is 23.7 Å². The topological polar surface area (TPSA) is 140 Å². The van der Waals surface area contributed by atoms with Crippen molar-refractivity contribution in [1.29, 1.82) is 0 Å². The minimum Gasteiger partial charge on any atom is -0.420 e. The summed E-state index contributed by atoms with van der Waals surface area (Å²) in [7, 11) is -5.25. The minimum absolute atomic E-state index is 0.0114. The number of alkyl halides is 2. The number of hydrogen-bond acceptors (Lipinski definition) is 10. The first-order valence-electron chi connectivity index (χ1n) is 19.6. The molecule has 1 unspecified atom stereocenters. The van der Waals surface area contributed by atoms with E-state index in [0.717, 1.165) is 48.4 Å². The van der Waals surface area contributed by atoms with Gasteiger partial charge in [0.25, 0.3) is 5.91 Å². The number of halogens is 2. The maximum absolute atomic E-state index is 16.4. The van der Waals surface area contributed by atoms with Gasteiger partial charge in [-0.25, -0.2) is 9.55 Å². The molecule has 1 saturated carbocycles. The Hall–Kier alpha value is -4.11. The molecule has 0 radical (unpaired) electrons. The molecule has 17 heteroatoms. The lowest BCUT2D eigenvalue weighted by atomic mass is 9.98. The Morgan fingerprint density at radius 2 is 1.76 bits per heavy atom. The quantitative estimate of drug-likeness (QED) is 0.112. The second-order valence-corrected chi connectivity index (χ2v) is 20.8. The van der Waals surface area contributed by atoms with Crippen LogP contribution in [0.3, 0.4) is 0 Å². The lowest BCUT2D eigenvalue weighted by molar-refractivity contribution is -0.150. The molecule has 6 atom stereocenters. The summed E-state index contributed by atoms with van der Waals surface area (Å²) in [6.07, 6.45) is 8.92. The minimum atomic E-state index is -5.25. The molecule has 4 aromatic rings. The summed E-state index contributed by atoms with van der Waals surface area (Å²) in [6.45, 7) is 5.89. The van der Waals surface area contributed by atoms with Crippen LogP contribution in [0.1, 0.15) is 74.2 Å². The number of aromatic nitrogens is 2. The molecule has 2 aromatic heterocycles. The van der Waals surface area contributed by atoms with Crippen LogP contribution in [0.25, 0.3) is 10.1 Å². The normalized spacial score (nSPS) is 24.6. The molecule has 12 nitrogen and oxygen atoms in total. The first kappa shape index (κ1) is 40.7. The summed E-state index contributed by atoms with van der Waals surface area (Å²) in [6, 6.07) is 11.4. The van der Waals surface area contributed by atoms with Gasteiger partial charge in [0.05, 0.1) is 23.9 Å². The predicted molar refractivity (Wildman–Crippen MR) is 217 cm³/mol. The van der Waals surface area contributed by atoms with Crippen molar-refractivity contribution in [3.8, 4) is 5.75 Å². The number of amides is 3. The predicted octanol–water partition coefficient (Wildman–Crippen LogP) is 7.71. The van der Waals surface area contributed by atoms with Gasteiger partial charge >= 0.3 is 13.3 Å². The van der Waals surface area contributed by atoms with Crippen molar-refractivity contribution in [2.24, 2.45) is 17.3 Å². The summed E-state index contributed by atoms with van der Waals surface area (Å²) in [5, 5.41) is 3.10. The number of rotatable bonds is 12. The first-order chi connectivity index (χ1) is 27.6. The van der Waals surface area contributed by atoms with E-state index in [1.54, 1.807) is 61.3 Å². The van der Waals surface area contributed by atoms with Crippen LogP contribution in [0, 0.1) is 17.3 Å². The fourth-order valence-electron chi connectivity index (χ4n) is 8.17. The average Bonchev–Trinajstić information content (AvgIpc) is 3.56. The number of para-hydroxylation sites is 1. The summed E-state index contributed by atoms with van der Waals surface area (Å²) < 4.78 is 60.3. The third-order valence-electron chi connectivity index (χ3n) is 11.5. The lowest BCUT2D eigenvalue weighted by Crippen LogP contribution is -2.60. The van der Waals surface area contributed by atoms with Gasteiger partial charge in [-0.05, 0) is 79.7 Å². The molecule has 4 aliphatic rings. The molecule has 2 aromatic carbocycles. The summed E-state index contributed by atoms with van der Waals surface area (Å²) >= 11 is 2.00. The molecule has 4 fully saturated rings. The summed E-state index contributed by atoms with van der Waals surface area (Å²) in [5.74, 6) is -0.189. The number of carbonyl (C=O) groups excluding carboxylic acids is 4. The number of thiophene rings is 1. The molecule has 1 aliphatic carbocycles. The summed E-state index contributed by atoms with van der Waals surface area (Å²) in [5.41, 5.74) is -5.41. The molecular formula is C41H46F2N5O7PS2. The SMILES string of the molecule is CC(C)(C)C(=O)SCCOP(=O)(Oc1ccccc1)C(F)(F)c1ccc2sc(C(=O)N[C@H]3C[C@H]4C[C@H]4C[C@H]4CC[C@@H](C(=O)N5CC(n6ccnc6)C5)N4C3=O)cc2c1. The first-order valence-corrected chi connectivity index (χ1v) is 22.9. The Labute approximate surface area is 343 Å². The monoisotopic (exact) mass is 853 g/mol. The van der Waals surface area contributed by atoms with Crippen molar-refractivity contribution < 1.29 is 41.6 Å². The Bertz CT molecular complexity index is 2240. The van der Waals surface area contributed by atoms with Gasteiger partial charge in [-0.2, -0.15) is 8.78 Å². The van der Waals surface area contributed by atoms with E-state index in [2.05, 4.69) is 10.3 Å². The molecule has 0 bridgehead atoms. The number of likely N-dealkylation sites (tertiary alicyclic amines) is 1. The fourth-order valence-corrected chi connectivity index (χ4v) is 11.5. The second-order valence-electron chi connectivity index (χ2n) is 16.7. The van der Waals surface area contributed by atoms with Crippen molar-refractivity contribution >= 4 is 63.6 Å². The van der Waals surface area contributed by atoms with Crippen LogP contribution < -0.4 is 9.84 Å². The average molecular weight is 854 g/mol. The van der Waals surface area contributed by atoms with E-state index in [1.165, 1.54) is 30.3 Å². The molecule has 8 rings (SSSR count). The molecule has 5 heterocycles. The number of hydrogen-bond donors (Lipinski definition) is 1. The third-order valence-corrected chi connectivity index (χ3v) is 15.8. The zero-order chi connectivity index (χ0) is 41.0. The number of thioether (sulfide) groups is 1. The fraction of sp³-hybridized carbons (Fsp3) is 0.488. The van der Waals surface area contributed by atoms with Crippen molar-refractivity contribution in [3.63, 3.8) is 0 Å². The molecule has 3 amide bonds. The highest BCUT2D eigenvalue weighted by atomic mass is 32.2. The Morgan fingerprint density at radius 3 is 2.48 bits per heavy atom. The van der Waals surface area contributed by atoms with Gasteiger partial charge in [-0.15, -0.1) is 11.3 Å². The molecule has 308 valence electrons. The van der Waals surface area contributed by atoms with E-state index in [-0.39, 0.29) is 45.4 Å². The molecule has 58 heavy (non-hydrogen) atoms. The maximum Gasteiger partial charge on any atom is 0.453 e. The number of nitrogens with one attached hydrogen (secondary N) is 1. The van der Waals surface area contributed by atoms with Crippen molar-refractivity contribution in [3.05, 3.63) is 83.8 Å². The zero-order valence-electron chi connectivity index (χ0n) is 32.4. The van der Waals surface area contributed by atoms with E-state index in [4.69, 9.17) is 9.05 Å². The molecule has 0 spiro atoms. The van der Waals surface area contributed by atoms with E-state index in [1.807, 2.05) is 10.8 Å². The van der Waals surface area contributed by atoms with E-state index >= 15 is 8.78 Å². The van der Waals surface area contributed by atoms with E-state index < -0.39 is 48.8 Å².